The third-order valence-corrected chi connectivity index (χ3v) is 5.63. The third kappa shape index (κ3) is 4.48. The summed E-state index contributed by atoms with van der Waals surface area (Å²) in [6.07, 6.45) is 1.84. The van der Waals surface area contributed by atoms with Crippen LogP contribution in [0.25, 0.3) is 0 Å². The molecule has 7 heteroatoms. The fourth-order valence-electron chi connectivity index (χ4n) is 2.89. The van der Waals surface area contributed by atoms with Crippen LogP contribution in [0.1, 0.15) is 19.8 Å². The van der Waals surface area contributed by atoms with E-state index in [0.29, 0.717) is 6.54 Å². The van der Waals surface area contributed by atoms with Crippen molar-refractivity contribution < 1.29 is 14.6 Å². The molecule has 3 N–H and O–H groups in total. The minimum atomic E-state index is -0.180. The van der Waals surface area contributed by atoms with E-state index < -0.39 is 0 Å². The highest BCUT2D eigenvalue weighted by Crippen LogP contribution is 2.33. The van der Waals surface area contributed by atoms with Crippen molar-refractivity contribution in [3.63, 3.8) is 0 Å². The summed E-state index contributed by atoms with van der Waals surface area (Å²) in [4.78, 5) is 14.4. The van der Waals surface area contributed by atoms with Crippen LogP contribution in [0.4, 0.5) is 4.79 Å². The Kier molecular flexibility index (Phi) is 6.60. The zero-order chi connectivity index (χ0) is 15.1. The Balaban J connectivity index is 1.86. The molecular formula is C14H27N3O3S. The van der Waals surface area contributed by atoms with Gasteiger partial charge in [0.1, 0.15) is 0 Å². The van der Waals surface area contributed by atoms with Gasteiger partial charge < -0.3 is 20.5 Å². The van der Waals surface area contributed by atoms with Crippen LogP contribution in [0.15, 0.2) is 0 Å². The van der Waals surface area contributed by atoms with Gasteiger partial charge in [-0.25, -0.2) is 4.79 Å². The number of urea groups is 1. The van der Waals surface area contributed by atoms with Crippen LogP contribution < -0.4 is 10.6 Å². The minimum absolute atomic E-state index is 0.0195. The number of aliphatic hydroxyl groups is 1. The molecule has 2 amide bonds. The second-order valence-corrected chi connectivity index (χ2v) is 6.85. The van der Waals surface area contributed by atoms with E-state index in [1.807, 2.05) is 18.7 Å². The molecule has 0 aromatic heterocycles. The topological polar surface area (TPSA) is 73.8 Å². The average Bonchev–Trinajstić information content (AvgIpc) is 3.01. The van der Waals surface area contributed by atoms with Gasteiger partial charge in [0.2, 0.25) is 0 Å². The third-order valence-electron chi connectivity index (χ3n) is 4.39. The Bertz CT molecular complexity index is 327. The number of hydrogen-bond acceptors (Lipinski definition) is 5. The molecule has 21 heavy (non-hydrogen) atoms. The first-order chi connectivity index (χ1) is 10.2. The van der Waals surface area contributed by atoms with Crippen molar-refractivity contribution in [1.29, 1.82) is 0 Å². The number of morpholine rings is 1. The SMILES string of the molecule is CCC(CO)NC(=O)NCC1(N2CCOCC2)CCSC1. The first-order valence-corrected chi connectivity index (χ1v) is 8.91. The molecule has 2 unspecified atom stereocenters. The van der Waals surface area contributed by atoms with Gasteiger partial charge in [-0.2, -0.15) is 11.8 Å². The molecule has 2 aliphatic rings. The predicted octanol–water partition coefficient (Wildman–Crippen LogP) is 0.264. The van der Waals surface area contributed by atoms with E-state index in [4.69, 9.17) is 9.84 Å². The van der Waals surface area contributed by atoms with Gasteiger partial charge in [0.05, 0.1) is 25.9 Å². The number of hydrogen-bond donors (Lipinski definition) is 3. The summed E-state index contributed by atoms with van der Waals surface area (Å²) >= 11 is 1.96. The average molecular weight is 317 g/mol. The fourth-order valence-corrected chi connectivity index (χ4v) is 4.37. The van der Waals surface area contributed by atoms with E-state index in [1.165, 1.54) is 0 Å². The molecule has 0 spiro atoms. The van der Waals surface area contributed by atoms with E-state index in [1.54, 1.807) is 0 Å². The molecule has 2 aliphatic heterocycles. The summed E-state index contributed by atoms with van der Waals surface area (Å²) in [5, 5.41) is 15.0. The van der Waals surface area contributed by atoms with Gasteiger partial charge in [-0.1, -0.05) is 6.92 Å². The maximum absolute atomic E-state index is 12.0. The summed E-state index contributed by atoms with van der Waals surface area (Å²) in [5.41, 5.74) is 0.0622. The van der Waals surface area contributed by atoms with E-state index >= 15 is 0 Å². The number of carbonyl (C=O) groups excluding carboxylic acids is 1. The van der Waals surface area contributed by atoms with Crippen molar-refractivity contribution in [1.82, 2.24) is 15.5 Å². The van der Waals surface area contributed by atoms with Crippen molar-refractivity contribution in [3.8, 4) is 0 Å². The quantitative estimate of drug-likeness (QED) is 0.655. The predicted molar refractivity (Wildman–Crippen MR) is 84.8 cm³/mol. The monoisotopic (exact) mass is 317 g/mol. The van der Waals surface area contributed by atoms with Crippen LogP contribution in [-0.2, 0) is 4.74 Å². The lowest BCUT2D eigenvalue weighted by atomic mass is 9.95. The lowest BCUT2D eigenvalue weighted by Crippen LogP contribution is -2.60. The van der Waals surface area contributed by atoms with Crippen molar-refractivity contribution in [2.24, 2.45) is 0 Å². The number of ether oxygens (including phenoxy) is 1. The van der Waals surface area contributed by atoms with Gasteiger partial charge in [-0.15, -0.1) is 0 Å². The fraction of sp³-hybridized carbons (Fsp3) is 0.929. The van der Waals surface area contributed by atoms with Crippen LogP contribution in [0.5, 0.6) is 0 Å². The number of nitrogens with zero attached hydrogens (tertiary/aromatic N) is 1. The standard InChI is InChI=1S/C14H27N3O3S/c1-2-12(9-18)16-13(19)15-10-14(3-8-21-11-14)17-4-6-20-7-5-17/h12,18H,2-11H2,1H3,(H2,15,16,19). The van der Waals surface area contributed by atoms with Crippen LogP contribution in [0.2, 0.25) is 0 Å². The van der Waals surface area contributed by atoms with Gasteiger partial charge in [0.15, 0.2) is 0 Å². The second kappa shape index (κ2) is 8.22. The molecular weight excluding hydrogens is 290 g/mol. The molecule has 0 saturated carbocycles. The normalized spacial score (nSPS) is 28.3. The molecule has 122 valence electrons. The summed E-state index contributed by atoms with van der Waals surface area (Å²) in [6.45, 7) is 6.03. The Morgan fingerprint density at radius 3 is 2.81 bits per heavy atom. The number of amides is 2. The molecule has 2 atom stereocenters. The summed E-state index contributed by atoms with van der Waals surface area (Å²) < 4.78 is 5.44. The molecule has 2 heterocycles. The number of aliphatic hydroxyl groups excluding tert-OH is 1. The van der Waals surface area contributed by atoms with Crippen LogP contribution >= 0.6 is 11.8 Å². The molecule has 6 nitrogen and oxygen atoms in total. The zero-order valence-electron chi connectivity index (χ0n) is 12.8. The van der Waals surface area contributed by atoms with Crippen LogP contribution in [0.3, 0.4) is 0 Å². The lowest BCUT2D eigenvalue weighted by molar-refractivity contribution is -0.0124. The first-order valence-electron chi connectivity index (χ1n) is 7.76. The van der Waals surface area contributed by atoms with Gasteiger partial charge in [0, 0.05) is 30.9 Å². The number of rotatable bonds is 6. The molecule has 2 rings (SSSR count). The Hall–Kier alpha value is -0.500. The Labute approximate surface area is 131 Å². The molecule has 0 radical (unpaired) electrons. The molecule has 0 bridgehead atoms. The second-order valence-electron chi connectivity index (χ2n) is 5.74. The highest BCUT2D eigenvalue weighted by molar-refractivity contribution is 7.99. The number of thioether (sulfide) groups is 1. The van der Waals surface area contributed by atoms with Gasteiger partial charge in [-0.05, 0) is 18.6 Å². The van der Waals surface area contributed by atoms with Gasteiger partial charge in [0.25, 0.3) is 0 Å². The van der Waals surface area contributed by atoms with Crippen molar-refractivity contribution >= 4 is 17.8 Å². The van der Waals surface area contributed by atoms with Crippen molar-refractivity contribution in [2.75, 3.05) is 51.0 Å². The van der Waals surface area contributed by atoms with Gasteiger partial charge in [-0.3, -0.25) is 4.90 Å². The summed E-state index contributed by atoms with van der Waals surface area (Å²) in [5.74, 6) is 2.21. The maximum atomic E-state index is 12.0. The van der Waals surface area contributed by atoms with Crippen LogP contribution in [-0.4, -0.2) is 78.6 Å². The van der Waals surface area contributed by atoms with E-state index in [9.17, 15) is 4.79 Å². The van der Waals surface area contributed by atoms with Crippen molar-refractivity contribution in [2.45, 2.75) is 31.3 Å². The highest BCUT2D eigenvalue weighted by Gasteiger charge is 2.40. The summed E-state index contributed by atoms with van der Waals surface area (Å²) in [7, 11) is 0. The van der Waals surface area contributed by atoms with Crippen LogP contribution in [0, 0.1) is 0 Å². The number of nitrogens with one attached hydrogen (secondary N) is 2. The highest BCUT2D eigenvalue weighted by atomic mass is 32.2. The van der Waals surface area contributed by atoms with Gasteiger partial charge >= 0.3 is 6.03 Å². The smallest absolute Gasteiger partial charge is 0.315 e. The summed E-state index contributed by atoms with van der Waals surface area (Å²) in [6, 6.07) is -0.345. The van der Waals surface area contributed by atoms with Crippen molar-refractivity contribution in [3.05, 3.63) is 0 Å². The largest absolute Gasteiger partial charge is 0.394 e. The Morgan fingerprint density at radius 2 is 2.24 bits per heavy atom. The maximum Gasteiger partial charge on any atom is 0.315 e. The number of carbonyl (C=O) groups is 1. The molecule has 0 aromatic rings. The zero-order valence-corrected chi connectivity index (χ0v) is 13.6. The first kappa shape index (κ1) is 16.9. The minimum Gasteiger partial charge on any atom is -0.394 e. The molecule has 2 fully saturated rings. The Morgan fingerprint density at radius 1 is 1.48 bits per heavy atom. The molecule has 0 aromatic carbocycles. The van der Waals surface area contributed by atoms with E-state index in [-0.39, 0.29) is 24.2 Å². The van der Waals surface area contributed by atoms with E-state index in [0.717, 1.165) is 50.7 Å². The molecule has 2 saturated heterocycles. The molecule has 0 aliphatic carbocycles. The van der Waals surface area contributed by atoms with E-state index in [2.05, 4.69) is 15.5 Å². The lowest BCUT2D eigenvalue weighted by Gasteiger charge is -2.43.